The van der Waals surface area contributed by atoms with Crippen molar-refractivity contribution in [3.8, 4) is 11.5 Å². The van der Waals surface area contributed by atoms with E-state index in [4.69, 9.17) is 15.2 Å². The number of carbonyl (C=O) groups is 2. The number of rotatable bonds is 6. The number of amides is 2. The number of para-hydroxylation sites is 1. The third-order valence-electron chi connectivity index (χ3n) is 4.32. The van der Waals surface area contributed by atoms with Gasteiger partial charge in [-0.25, -0.2) is 8.42 Å². The van der Waals surface area contributed by atoms with E-state index in [0.717, 1.165) is 10.6 Å². The first-order valence-corrected chi connectivity index (χ1v) is 10.6. The minimum absolute atomic E-state index is 0.123. The Balaban J connectivity index is 1.92. The summed E-state index contributed by atoms with van der Waals surface area (Å²) >= 11 is 0. The van der Waals surface area contributed by atoms with Gasteiger partial charge < -0.3 is 20.5 Å². The second kappa shape index (κ2) is 8.00. The van der Waals surface area contributed by atoms with Crippen molar-refractivity contribution in [1.82, 2.24) is 0 Å². The van der Waals surface area contributed by atoms with Crippen molar-refractivity contribution in [2.45, 2.75) is 13.0 Å². The number of nitrogens with zero attached hydrogens (tertiary/aromatic N) is 1. The lowest BCUT2D eigenvalue weighted by atomic mass is 10.1. The van der Waals surface area contributed by atoms with Crippen LogP contribution >= 0.6 is 0 Å². The number of sulfonamides is 1. The van der Waals surface area contributed by atoms with Gasteiger partial charge in [0.1, 0.15) is 19.3 Å². The van der Waals surface area contributed by atoms with Gasteiger partial charge in [0.15, 0.2) is 11.5 Å². The highest BCUT2D eigenvalue weighted by Crippen LogP contribution is 2.35. The lowest BCUT2D eigenvalue weighted by Crippen LogP contribution is -2.45. The summed E-state index contributed by atoms with van der Waals surface area (Å²) < 4.78 is 36.9. The molecule has 1 atom stereocenters. The number of fused-ring (bicyclic) bond motifs is 1. The van der Waals surface area contributed by atoms with Crippen LogP contribution in [-0.2, 0) is 14.8 Å². The fraction of sp³-hybridized carbons (Fsp3) is 0.263. The molecule has 0 saturated carbocycles. The zero-order valence-corrected chi connectivity index (χ0v) is 16.7. The van der Waals surface area contributed by atoms with Crippen molar-refractivity contribution in [3.63, 3.8) is 0 Å². The van der Waals surface area contributed by atoms with Gasteiger partial charge in [-0.1, -0.05) is 12.1 Å². The van der Waals surface area contributed by atoms with E-state index in [-0.39, 0.29) is 16.9 Å². The molecular weight excluding hydrogens is 398 g/mol. The molecule has 3 N–H and O–H groups in total. The van der Waals surface area contributed by atoms with Crippen LogP contribution in [0.5, 0.6) is 11.5 Å². The Morgan fingerprint density at radius 3 is 2.41 bits per heavy atom. The predicted octanol–water partition coefficient (Wildman–Crippen LogP) is 1.35. The number of hydrogen-bond acceptors (Lipinski definition) is 6. The van der Waals surface area contributed by atoms with Crippen LogP contribution in [0.25, 0.3) is 0 Å². The number of benzene rings is 2. The second-order valence-corrected chi connectivity index (χ2v) is 8.32. The predicted molar refractivity (Wildman–Crippen MR) is 108 cm³/mol. The molecule has 9 nitrogen and oxygen atoms in total. The summed E-state index contributed by atoms with van der Waals surface area (Å²) in [5.41, 5.74) is 5.91. The van der Waals surface area contributed by atoms with E-state index < -0.39 is 27.9 Å². The van der Waals surface area contributed by atoms with Crippen molar-refractivity contribution in [2.75, 3.05) is 29.1 Å². The van der Waals surface area contributed by atoms with Crippen molar-refractivity contribution in [3.05, 3.63) is 48.0 Å². The molecule has 0 unspecified atom stereocenters. The Hall–Kier alpha value is -3.27. The zero-order chi connectivity index (χ0) is 21.2. The molecule has 2 aromatic rings. The Morgan fingerprint density at radius 1 is 1.10 bits per heavy atom. The zero-order valence-electron chi connectivity index (χ0n) is 15.9. The average molecular weight is 419 g/mol. The maximum absolute atomic E-state index is 12.8. The number of ether oxygens (including phenoxy) is 2. The van der Waals surface area contributed by atoms with Crippen molar-refractivity contribution < 1.29 is 27.5 Å². The fourth-order valence-corrected chi connectivity index (χ4v) is 4.19. The van der Waals surface area contributed by atoms with E-state index in [2.05, 4.69) is 5.32 Å². The van der Waals surface area contributed by atoms with Crippen molar-refractivity contribution >= 4 is 33.2 Å². The molecule has 154 valence electrons. The quantitative estimate of drug-likeness (QED) is 0.727. The molecule has 1 aliphatic rings. The SMILES string of the molecule is C[C@H](C(=O)Nc1ccccc1C(N)=O)N(c1ccc2c(c1)OCCO2)S(C)(=O)=O. The molecule has 2 aromatic carbocycles. The van der Waals surface area contributed by atoms with Crippen LogP contribution in [-0.4, -0.2) is 45.7 Å². The molecule has 0 spiro atoms. The summed E-state index contributed by atoms with van der Waals surface area (Å²) in [4.78, 5) is 24.4. The van der Waals surface area contributed by atoms with Crippen LogP contribution in [0, 0.1) is 0 Å². The number of anilines is 2. The normalized spacial score (nSPS) is 14.0. The van der Waals surface area contributed by atoms with E-state index in [0.29, 0.717) is 24.7 Å². The first-order valence-electron chi connectivity index (χ1n) is 8.77. The minimum atomic E-state index is -3.82. The first-order chi connectivity index (χ1) is 13.7. The standard InChI is InChI=1S/C19H21N3O6S/c1-12(19(24)21-15-6-4-3-5-14(15)18(20)23)22(29(2,25)26)13-7-8-16-17(11-13)28-10-9-27-16/h3-8,11-12H,9-10H2,1-2H3,(H2,20,23)(H,21,24)/t12-/m1/s1. The molecule has 0 saturated heterocycles. The molecule has 0 aromatic heterocycles. The first kappa shape index (κ1) is 20.5. The third kappa shape index (κ3) is 4.43. The van der Waals surface area contributed by atoms with Gasteiger partial charge in [0.05, 0.1) is 23.2 Å². The van der Waals surface area contributed by atoms with E-state index in [9.17, 15) is 18.0 Å². The molecule has 10 heteroatoms. The molecule has 0 bridgehead atoms. The van der Waals surface area contributed by atoms with E-state index in [1.807, 2.05) is 0 Å². The molecule has 0 fully saturated rings. The molecule has 1 aliphatic heterocycles. The maximum atomic E-state index is 12.8. The summed E-state index contributed by atoms with van der Waals surface area (Å²) in [5, 5.41) is 2.57. The molecule has 3 rings (SSSR count). The van der Waals surface area contributed by atoms with Crippen LogP contribution in [0.3, 0.4) is 0 Å². The summed E-state index contributed by atoms with van der Waals surface area (Å²) in [7, 11) is -3.82. The average Bonchev–Trinajstić information content (AvgIpc) is 2.67. The minimum Gasteiger partial charge on any atom is -0.486 e. The van der Waals surface area contributed by atoms with Gasteiger partial charge in [0.25, 0.3) is 5.91 Å². The maximum Gasteiger partial charge on any atom is 0.250 e. The van der Waals surface area contributed by atoms with Crippen LogP contribution in [0.1, 0.15) is 17.3 Å². The highest BCUT2D eigenvalue weighted by molar-refractivity contribution is 7.92. The summed E-state index contributed by atoms with van der Waals surface area (Å²) in [6, 6.07) is 9.74. The van der Waals surface area contributed by atoms with E-state index in [1.54, 1.807) is 18.2 Å². The second-order valence-electron chi connectivity index (χ2n) is 6.46. The van der Waals surface area contributed by atoms with Gasteiger partial charge in [-0.15, -0.1) is 0 Å². The van der Waals surface area contributed by atoms with E-state index >= 15 is 0 Å². The topological polar surface area (TPSA) is 128 Å². The van der Waals surface area contributed by atoms with Gasteiger partial charge >= 0.3 is 0 Å². The number of carbonyl (C=O) groups excluding carboxylic acids is 2. The summed E-state index contributed by atoms with van der Waals surface area (Å²) in [5.74, 6) is -0.436. The van der Waals surface area contributed by atoms with Crippen LogP contribution < -0.4 is 24.8 Å². The van der Waals surface area contributed by atoms with E-state index in [1.165, 1.54) is 31.2 Å². The van der Waals surface area contributed by atoms with Crippen LogP contribution in [0.2, 0.25) is 0 Å². The molecule has 0 radical (unpaired) electrons. The Morgan fingerprint density at radius 2 is 1.76 bits per heavy atom. The van der Waals surface area contributed by atoms with Gasteiger partial charge in [0.2, 0.25) is 15.9 Å². The third-order valence-corrected chi connectivity index (χ3v) is 5.56. The largest absolute Gasteiger partial charge is 0.486 e. The molecular formula is C19H21N3O6S. The van der Waals surface area contributed by atoms with Gasteiger partial charge in [-0.05, 0) is 31.2 Å². The van der Waals surface area contributed by atoms with Gasteiger partial charge in [0, 0.05) is 6.07 Å². The van der Waals surface area contributed by atoms with Gasteiger partial charge in [-0.2, -0.15) is 0 Å². The fourth-order valence-electron chi connectivity index (χ4n) is 3.02. The molecule has 0 aliphatic carbocycles. The molecule has 2 amide bonds. The highest BCUT2D eigenvalue weighted by Gasteiger charge is 2.30. The number of hydrogen-bond donors (Lipinski definition) is 2. The Bertz CT molecular complexity index is 1050. The number of nitrogens with one attached hydrogen (secondary N) is 1. The summed E-state index contributed by atoms with van der Waals surface area (Å²) in [6.07, 6.45) is 1.00. The van der Waals surface area contributed by atoms with Crippen LogP contribution in [0.15, 0.2) is 42.5 Å². The molecule has 29 heavy (non-hydrogen) atoms. The smallest absolute Gasteiger partial charge is 0.250 e. The number of nitrogens with two attached hydrogens (primary N) is 1. The van der Waals surface area contributed by atoms with Gasteiger partial charge in [-0.3, -0.25) is 13.9 Å². The lowest BCUT2D eigenvalue weighted by Gasteiger charge is -2.29. The lowest BCUT2D eigenvalue weighted by molar-refractivity contribution is -0.116. The monoisotopic (exact) mass is 419 g/mol. The highest BCUT2D eigenvalue weighted by atomic mass is 32.2. The Kier molecular flexibility index (Phi) is 5.64. The molecule has 1 heterocycles. The van der Waals surface area contributed by atoms with Crippen molar-refractivity contribution in [1.29, 1.82) is 0 Å². The summed E-state index contributed by atoms with van der Waals surface area (Å²) in [6.45, 7) is 2.19. The van der Waals surface area contributed by atoms with Crippen LogP contribution in [0.4, 0.5) is 11.4 Å². The number of primary amides is 1. The Labute approximate surface area is 168 Å². The van der Waals surface area contributed by atoms with Crippen molar-refractivity contribution in [2.24, 2.45) is 5.73 Å².